The summed E-state index contributed by atoms with van der Waals surface area (Å²) in [6.07, 6.45) is 1.42. The van der Waals surface area contributed by atoms with Crippen LogP contribution in [0.15, 0.2) is 23.2 Å². The van der Waals surface area contributed by atoms with E-state index in [1.807, 2.05) is 19.9 Å². The third kappa shape index (κ3) is 3.39. The van der Waals surface area contributed by atoms with Crippen molar-refractivity contribution in [1.82, 2.24) is 10.6 Å². The lowest BCUT2D eigenvalue weighted by Crippen LogP contribution is -2.68. The lowest BCUT2D eigenvalue weighted by Gasteiger charge is -2.55. The number of nitrogens with one attached hydrogen (secondary N) is 2. The summed E-state index contributed by atoms with van der Waals surface area (Å²) in [4.78, 5) is 4.58. The highest BCUT2D eigenvalue weighted by Crippen LogP contribution is 2.52. The molecule has 0 radical (unpaired) electrons. The van der Waals surface area contributed by atoms with Crippen molar-refractivity contribution in [2.75, 3.05) is 20.3 Å². The Balaban J connectivity index is 1.69. The van der Waals surface area contributed by atoms with Crippen LogP contribution in [0.4, 0.5) is 4.39 Å². The van der Waals surface area contributed by atoms with Crippen LogP contribution in [0.25, 0.3) is 0 Å². The molecule has 3 rings (SSSR count). The molecule has 26 heavy (non-hydrogen) atoms. The highest BCUT2D eigenvalue weighted by atomic mass is 19.1. The Hall–Kier alpha value is -1.82. The normalized spacial score (nSPS) is 28.1. The molecule has 2 N–H and O–H groups in total. The second-order valence-corrected chi connectivity index (χ2v) is 7.77. The van der Waals surface area contributed by atoms with Gasteiger partial charge in [-0.1, -0.05) is 19.9 Å². The van der Waals surface area contributed by atoms with Crippen molar-refractivity contribution in [3.63, 3.8) is 0 Å². The first kappa shape index (κ1) is 19.0. The van der Waals surface area contributed by atoms with E-state index in [0.717, 1.165) is 24.6 Å². The molecule has 4 atom stereocenters. The van der Waals surface area contributed by atoms with E-state index in [4.69, 9.17) is 9.47 Å². The first-order chi connectivity index (χ1) is 12.4. The SMILES string of the molecule is CCN=C(NC(C)c1ccc(OC)c(F)c1)NC1C2CCOC2C1(C)C. The number of rotatable bonds is 5. The van der Waals surface area contributed by atoms with Gasteiger partial charge in [-0.25, -0.2) is 4.39 Å². The summed E-state index contributed by atoms with van der Waals surface area (Å²) in [7, 11) is 1.47. The predicted octanol–water partition coefficient (Wildman–Crippen LogP) is 3.26. The van der Waals surface area contributed by atoms with Crippen LogP contribution in [0.1, 0.15) is 45.7 Å². The zero-order chi connectivity index (χ0) is 18.9. The smallest absolute Gasteiger partial charge is 0.191 e. The average Bonchev–Trinajstić information content (AvgIpc) is 3.06. The maximum atomic E-state index is 14.0. The van der Waals surface area contributed by atoms with Crippen LogP contribution in [0.5, 0.6) is 5.75 Å². The zero-order valence-electron chi connectivity index (χ0n) is 16.3. The molecule has 1 aliphatic heterocycles. The molecule has 0 spiro atoms. The first-order valence-corrected chi connectivity index (χ1v) is 9.41. The molecule has 1 aromatic rings. The summed E-state index contributed by atoms with van der Waals surface area (Å²) in [5, 5.41) is 7.00. The Labute approximate surface area is 155 Å². The number of ether oxygens (including phenoxy) is 2. The Kier molecular flexibility index (Phi) is 5.42. The van der Waals surface area contributed by atoms with Crippen LogP contribution in [0.2, 0.25) is 0 Å². The average molecular weight is 363 g/mol. The van der Waals surface area contributed by atoms with E-state index in [1.54, 1.807) is 6.07 Å². The Morgan fingerprint density at radius 2 is 2.23 bits per heavy atom. The second-order valence-electron chi connectivity index (χ2n) is 7.77. The molecule has 5 nitrogen and oxygen atoms in total. The summed E-state index contributed by atoms with van der Waals surface area (Å²) in [5.41, 5.74) is 0.927. The number of halogens is 1. The topological polar surface area (TPSA) is 54.9 Å². The fraction of sp³-hybridized carbons (Fsp3) is 0.650. The first-order valence-electron chi connectivity index (χ1n) is 9.41. The molecule has 1 saturated heterocycles. The number of benzene rings is 1. The number of methoxy groups -OCH3 is 1. The van der Waals surface area contributed by atoms with E-state index in [-0.39, 0.29) is 23.0 Å². The van der Waals surface area contributed by atoms with Crippen molar-refractivity contribution >= 4 is 5.96 Å². The van der Waals surface area contributed by atoms with Crippen molar-refractivity contribution in [1.29, 1.82) is 0 Å². The van der Waals surface area contributed by atoms with Crippen molar-refractivity contribution in [3.8, 4) is 5.75 Å². The van der Waals surface area contributed by atoms with Gasteiger partial charge in [0.25, 0.3) is 0 Å². The molecule has 0 aromatic heterocycles. The fourth-order valence-corrected chi connectivity index (χ4v) is 4.30. The minimum atomic E-state index is -0.355. The second kappa shape index (κ2) is 7.43. The number of fused-ring (bicyclic) bond motifs is 1. The molecule has 0 bridgehead atoms. The summed E-state index contributed by atoms with van der Waals surface area (Å²) in [6.45, 7) is 10.0. The molecule has 1 aliphatic carbocycles. The van der Waals surface area contributed by atoms with Gasteiger partial charge in [0.2, 0.25) is 0 Å². The van der Waals surface area contributed by atoms with Gasteiger partial charge in [-0.2, -0.15) is 0 Å². The summed E-state index contributed by atoms with van der Waals surface area (Å²) < 4.78 is 24.9. The Bertz CT molecular complexity index is 677. The van der Waals surface area contributed by atoms with Gasteiger partial charge in [-0.15, -0.1) is 0 Å². The number of hydrogen-bond donors (Lipinski definition) is 2. The molecule has 2 fully saturated rings. The summed E-state index contributed by atoms with van der Waals surface area (Å²) in [6, 6.07) is 5.29. The number of guanidine groups is 1. The summed E-state index contributed by atoms with van der Waals surface area (Å²) in [5.74, 6) is 1.19. The molecule has 2 aliphatic rings. The van der Waals surface area contributed by atoms with Gasteiger partial charge >= 0.3 is 0 Å². The van der Waals surface area contributed by atoms with Gasteiger partial charge in [-0.3, -0.25) is 4.99 Å². The van der Waals surface area contributed by atoms with Crippen molar-refractivity contribution in [3.05, 3.63) is 29.6 Å². The minimum absolute atomic E-state index is 0.0762. The molecule has 1 aromatic carbocycles. The lowest BCUT2D eigenvalue weighted by atomic mass is 9.57. The van der Waals surface area contributed by atoms with Crippen LogP contribution in [0, 0.1) is 17.2 Å². The summed E-state index contributed by atoms with van der Waals surface area (Å²) >= 11 is 0. The van der Waals surface area contributed by atoms with E-state index in [0.29, 0.717) is 24.6 Å². The monoisotopic (exact) mass is 363 g/mol. The quantitative estimate of drug-likeness (QED) is 0.623. The van der Waals surface area contributed by atoms with Crippen molar-refractivity contribution in [2.45, 2.75) is 52.3 Å². The molecule has 1 heterocycles. The van der Waals surface area contributed by atoms with Gasteiger partial charge in [0.1, 0.15) is 0 Å². The van der Waals surface area contributed by atoms with E-state index >= 15 is 0 Å². The molecule has 0 amide bonds. The van der Waals surface area contributed by atoms with Gasteiger partial charge in [0, 0.05) is 30.5 Å². The van der Waals surface area contributed by atoms with Crippen LogP contribution in [0.3, 0.4) is 0 Å². The van der Waals surface area contributed by atoms with E-state index in [2.05, 4.69) is 29.5 Å². The highest BCUT2D eigenvalue weighted by molar-refractivity contribution is 5.81. The fourth-order valence-electron chi connectivity index (χ4n) is 4.30. The molecule has 4 unspecified atom stereocenters. The molecular formula is C20H30FN3O2. The molecule has 6 heteroatoms. The maximum Gasteiger partial charge on any atom is 0.191 e. The standard InChI is InChI=1S/C20H30FN3O2/c1-6-22-19(24-17-14-9-10-26-18(14)20(17,3)4)23-12(2)13-7-8-16(25-5)15(21)11-13/h7-8,11-12,14,17-18H,6,9-10H2,1-5H3,(H2,22,23,24). The van der Waals surface area contributed by atoms with Crippen LogP contribution < -0.4 is 15.4 Å². The van der Waals surface area contributed by atoms with E-state index in [9.17, 15) is 4.39 Å². The largest absolute Gasteiger partial charge is 0.494 e. The van der Waals surface area contributed by atoms with Gasteiger partial charge in [0.15, 0.2) is 17.5 Å². The van der Waals surface area contributed by atoms with Crippen LogP contribution in [-0.4, -0.2) is 38.4 Å². The van der Waals surface area contributed by atoms with Crippen molar-refractivity contribution < 1.29 is 13.9 Å². The van der Waals surface area contributed by atoms with Crippen molar-refractivity contribution in [2.24, 2.45) is 16.3 Å². The lowest BCUT2D eigenvalue weighted by molar-refractivity contribution is -0.106. The number of aliphatic imine (C=N–C) groups is 1. The predicted molar refractivity (Wildman–Crippen MR) is 101 cm³/mol. The Morgan fingerprint density at radius 3 is 2.88 bits per heavy atom. The third-order valence-corrected chi connectivity index (χ3v) is 5.74. The molecular weight excluding hydrogens is 333 g/mol. The zero-order valence-corrected chi connectivity index (χ0v) is 16.3. The number of nitrogens with zero attached hydrogens (tertiary/aromatic N) is 1. The van der Waals surface area contributed by atoms with E-state index in [1.165, 1.54) is 13.2 Å². The minimum Gasteiger partial charge on any atom is -0.494 e. The van der Waals surface area contributed by atoms with Gasteiger partial charge in [-0.05, 0) is 38.0 Å². The van der Waals surface area contributed by atoms with Gasteiger partial charge in [0.05, 0.1) is 19.3 Å². The van der Waals surface area contributed by atoms with E-state index < -0.39 is 0 Å². The maximum absolute atomic E-state index is 14.0. The third-order valence-electron chi connectivity index (χ3n) is 5.74. The van der Waals surface area contributed by atoms with Crippen LogP contribution >= 0.6 is 0 Å². The highest BCUT2D eigenvalue weighted by Gasteiger charge is 2.59. The van der Waals surface area contributed by atoms with Gasteiger partial charge < -0.3 is 20.1 Å². The van der Waals surface area contributed by atoms with Crippen LogP contribution in [-0.2, 0) is 4.74 Å². The molecule has 144 valence electrons. The molecule has 1 saturated carbocycles. The number of hydrogen-bond acceptors (Lipinski definition) is 3. The Morgan fingerprint density at radius 1 is 1.46 bits per heavy atom.